The Morgan fingerprint density at radius 1 is 1.46 bits per heavy atom. The first kappa shape index (κ1) is 8.65. The monoisotopic (exact) mass is 240 g/mol. The lowest BCUT2D eigenvalue weighted by Crippen LogP contribution is -2.05. The van der Waals surface area contributed by atoms with Gasteiger partial charge in [-0.15, -0.1) is 0 Å². The van der Waals surface area contributed by atoms with Gasteiger partial charge >= 0.3 is 0 Å². The van der Waals surface area contributed by atoms with Gasteiger partial charge in [-0.3, -0.25) is 4.40 Å². The second-order valence-electron chi connectivity index (χ2n) is 2.72. The molecule has 68 valence electrons. The van der Waals surface area contributed by atoms with Crippen molar-refractivity contribution >= 4 is 21.6 Å². The maximum atomic E-state index is 5.48. The maximum absolute atomic E-state index is 5.48. The summed E-state index contributed by atoms with van der Waals surface area (Å²) >= 11 is 3.38. The van der Waals surface area contributed by atoms with Gasteiger partial charge in [0.05, 0.1) is 4.47 Å². The molecule has 0 aliphatic heterocycles. The van der Waals surface area contributed by atoms with Crippen molar-refractivity contribution < 1.29 is 0 Å². The Morgan fingerprint density at radius 3 is 3.08 bits per heavy atom. The molecule has 0 aliphatic carbocycles. The second-order valence-corrected chi connectivity index (χ2v) is 3.58. The number of rotatable bonds is 2. The predicted molar refractivity (Wildman–Crippen MR) is 53.4 cm³/mol. The molecule has 2 rings (SSSR count). The summed E-state index contributed by atoms with van der Waals surface area (Å²) in [6.45, 7) is 0.625. The highest BCUT2D eigenvalue weighted by atomic mass is 79.9. The Morgan fingerprint density at radius 2 is 2.31 bits per heavy atom. The third-order valence-corrected chi connectivity index (χ3v) is 2.42. The topological polar surface area (TPSA) is 56.2 Å². The van der Waals surface area contributed by atoms with Gasteiger partial charge in [-0.2, -0.15) is 0 Å². The molecule has 2 N–H and O–H groups in total. The summed E-state index contributed by atoms with van der Waals surface area (Å²) in [4.78, 5) is 8.32. The minimum atomic E-state index is 0.625. The van der Waals surface area contributed by atoms with Crippen molar-refractivity contribution in [3.63, 3.8) is 0 Å². The molecule has 0 aliphatic rings. The molecule has 13 heavy (non-hydrogen) atoms. The van der Waals surface area contributed by atoms with E-state index in [-0.39, 0.29) is 0 Å². The third kappa shape index (κ3) is 1.45. The van der Waals surface area contributed by atoms with Gasteiger partial charge < -0.3 is 5.73 Å². The average molecular weight is 241 g/mol. The Bertz CT molecular complexity index is 423. The summed E-state index contributed by atoms with van der Waals surface area (Å²) in [7, 11) is 0. The van der Waals surface area contributed by atoms with Gasteiger partial charge in [0.15, 0.2) is 5.65 Å². The molecule has 2 heterocycles. The molecule has 0 unspecified atom stereocenters. The normalized spacial score (nSPS) is 10.9. The van der Waals surface area contributed by atoms with E-state index < -0.39 is 0 Å². The molecule has 0 radical (unpaired) electrons. The molecule has 4 nitrogen and oxygen atoms in total. The van der Waals surface area contributed by atoms with Crippen LogP contribution in [-0.4, -0.2) is 20.9 Å². The molecule has 0 amide bonds. The lowest BCUT2D eigenvalue weighted by Gasteiger charge is -1.98. The van der Waals surface area contributed by atoms with E-state index >= 15 is 0 Å². The number of imidazole rings is 1. The van der Waals surface area contributed by atoms with E-state index in [9.17, 15) is 0 Å². The molecule has 5 heteroatoms. The fraction of sp³-hybridized carbons (Fsp3) is 0.250. The van der Waals surface area contributed by atoms with Gasteiger partial charge in [0, 0.05) is 24.5 Å². The van der Waals surface area contributed by atoms with Crippen LogP contribution >= 0.6 is 15.9 Å². The van der Waals surface area contributed by atoms with Gasteiger partial charge in [-0.1, -0.05) is 0 Å². The number of nitrogens with zero attached hydrogens (tertiary/aromatic N) is 3. The van der Waals surface area contributed by atoms with E-state index in [0.29, 0.717) is 6.54 Å². The number of nitrogens with two attached hydrogens (primary N) is 1. The standard InChI is InChI=1S/C8H9BrN4/c9-7-4-11-5-13-6(1-2-10)3-12-8(7)13/h3-5H,1-2,10H2. The van der Waals surface area contributed by atoms with Crippen molar-refractivity contribution in [1.29, 1.82) is 0 Å². The first-order chi connectivity index (χ1) is 6.33. The van der Waals surface area contributed by atoms with Crippen molar-refractivity contribution in [2.24, 2.45) is 5.73 Å². The summed E-state index contributed by atoms with van der Waals surface area (Å²) in [6.07, 6.45) is 6.13. The lowest BCUT2D eigenvalue weighted by molar-refractivity contribution is 0.891. The van der Waals surface area contributed by atoms with Crippen LogP contribution < -0.4 is 5.73 Å². The first-order valence-electron chi connectivity index (χ1n) is 3.98. The minimum Gasteiger partial charge on any atom is -0.330 e. The zero-order valence-electron chi connectivity index (χ0n) is 6.94. The Balaban J connectivity index is 2.61. The van der Waals surface area contributed by atoms with Crippen molar-refractivity contribution in [3.8, 4) is 0 Å². The Hall–Kier alpha value is -0.940. The van der Waals surface area contributed by atoms with Crippen LogP contribution in [-0.2, 0) is 6.42 Å². The Kier molecular flexibility index (Phi) is 2.28. The van der Waals surface area contributed by atoms with Gasteiger partial charge in [-0.05, 0) is 22.5 Å². The molecular formula is C8H9BrN4. The lowest BCUT2D eigenvalue weighted by atomic mass is 10.3. The number of hydrogen-bond donors (Lipinski definition) is 1. The summed E-state index contributed by atoms with van der Waals surface area (Å²) in [5.41, 5.74) is 7.45. The molecule has 0 spiro atoms. The molecule has 0 atom stereocenters. The highest BCUT2D eigenvalue weighted by Crippen LogP contribution is 2.15. The van der Waals surface area contributed by atoms with Crippen LogP contribution in [0.15, 0.2) is 23.2 Å². The zero-order chi connectivity index (χ0) is 9.26. The van der Waals surface area contributed by atoms with Crippen LogP contribution in [0, 0.1) is 0 Å². The van der Waals surface area contributed by atoms with Crippen molar-refractivity contribution in [2.45, 2.75) is 6.42 Å². The minimum absolute atomic E-state index is 0.625. The fourth-order valence-electron chi connectivity index (χ4n) is 1.26. The largest absolute Gasteiger partial charge is 0.330 e. The smallest absolute Gasteiger partial charge is 0.154 e. The van der Waals surface area contributed by atoms with E-state index in [1.54, 1.807) is 12.5 Å². The fourth-order valence-corrected chi connectivity index (χ4v) is 1.67. The van der Waals surface area contributed by atoms with Crippen LogP contribution in [0.4, 0.5) is 0 Å². The maximum Gasteiger partial charge on any atom is 0.154 e. The summed E-state index contributed by atoms with van der Waals surface area (Å²) in [6, 6.07) is 0. The highest BCUT2D eigenvalue weighted by molar-refractivity contribution is 9.10. The van der Waals surface area contributed by atoms with Crippen LogP contribution in [0.1, 0.15) is 5.69 Å². The molecule has 0 aromatic carbocycles. The molecule has 2 aromatic rings. The van der Waals surface area contributed by atoms with Crippen LogP contribution in [0.25, 0.3) is 5.65 Å². The number of halogens is 1. The quantitative estimate of drug-likeness (QED) is 0.853. The zero-order valence-corrected chi connectivity index (χ0v) is 8.53. The van der Waals surface area contributed by atoms with E-state index in [1.807, 2.05) is 10.6 Å². The van der Waals surface area contributed by atoms with Crippen LogP contribution in [0.3, 0.4) is 0 Å². The average Bonchev–Trinajstić information content (AvgIpc) is 2.51. The van der Waals surface area contributed by atoms with E-state index in [1.165, 1.54) is 0 Å². The van der Waals surface area contributed by atoms with Gasteiger partial charge in [0.2, 0.25) is 0 Å². The van der Waals surface area contributed by atoms with E-state index in [0.717, 1.165) is 22.2 Å². The third-order valence-electron chi connectivity index (χ3n) is 1.86. The molecule has 0 bridgehead atoms. The van der Waals surface area contributed by atoms with E-state index in [2.05, 4.69) is 25.9 Å². The SMILES string of the molecule is NCCc1cnc2c(Br)cncn12. The predicted octanol–water partition coefficient (Wildman–Crippen LogP) is 0.993. The summed E-state index contributed by atoms with van der Waals surface area (Å²) in [5.74, 6) is 0. The van der Waals surface area contributed by atoms with Gasteiger partial charge in [0.1, 0.15) is 6.33 Å². The van der Waals surface area contributed by atoms with Crippen LogP contribution in [0.5, 0.6) is 0 Å². The van der Waals surface area contributed by atoms with Crippen molar-refractivity contribution in [2.75, 3.05) is 6.54 Å². The molecule has 0 saturated carbocycles. The van der Waals surface area contributed by atoms with Gasteiger partial charge in [0.25, 0.3) is 0 Å². The molecule has 2 aromatic heterocycles. The summed E-state index contributed by atoms with van der Waals surface area (Å²) < 4.78 is 2.84. The van der Waals surface area contributed by atoms with Crippen LogP contribution in [0.2, 0.25) is 0 Å². The van der Waals surface area contributed by atoms with Crippen molar-refractivity contribution in [1.82, 2.24) is 14.4 Å². The second kappa shape index (κ2) is 3.43. The Labute approximate surface area is 83.9 Å². The number of aromatic nitrogens is 3. The van der Waals surface area contributed by atoms with Gasteiger partial charge in [-0.25, -0.2) is 9.97 Å². The summed E-state index contributed by atoms with van der Waals surface area (Å²) in [5, 5.41) is 0. The van der Waals surface area contributed by atoms with Crippen molar-refractivity contribution in [3.05, 3.63) is 28.9 Å². The molecule has 0 saturated heterocycles. The molecular weight excluding hydrogens is 232 g/mol. The number of hydrogen-bond acceptors (Lipinski definition) is 3. The highest BCUT2D eigenvalue weighted by Gasteiger charge is 2.04. The first-order valence-corrected chi connectivity index (χ1v) is 4.77. The number of fused-ring (bicyclic) bond motifs is 1. The van der Waals surface area contributed by atoms with E-state index in [4.69, 9.17) is 5.73 Å². The molecule has 0 fully saturated rings.